The Bertz CT molecular complexity index is 1480. The number of esters is 1. The highest BCUT2D eigenvalue weighted by molar-refractivity contribution is 7.69. The first-order chi connectivity index (χ1) is 20.0. The van der Waals surface area contributed by atoms with E-state index in [0.29, 0.717) is 56.3 Å². The highest BCUT2D eigenvalue weighted by Gasteiger charge is 2.32. The van der Waals surface area contributed by atoms with Crippen molar-refractivity contribution in [3.63, 3.8) is 0 Å². The lowest BCUT2D eigenvalue weighted by molar-refractivity contribution is -0.139. The van der Waals surface area contributed by atoms with Gasteiger partial charge in [-0.05, 0) is 61.9 Å². The zero-order valence-electron chi connectivity index (χ0n) is 25.5. The standard InChI is InChI=1S/C33H42N3O5P/c1-20(2)27-12-11-24(32(36-27)41-25-18-39-19-25)17-22(4)29-13-10-23(31(35-29)26-14-15-40-33(26)37)16-21(3)28-8-7-9-30(34-28)42(5,6)38/h7-13,20-22,25-26H,14-19H2,1-6H3. The minimum absolute atomic E-state index is 0.0325. The van der Waals surface area contributed by atoms with Crippen molar-refractivity contribution in [1.82, 2.24) is 15.0 Å². The van der Waals surface area contributed by atoms with Crippen molar-refractivity contribution < 1.29 is 23.6 Å². The molecule has 2 aliphatic rings. The summed E-state index contributed by atoms with van der Waals surface area (Å²) in [4.78, 5) is 27.4. The predicted octanol–water partition coefficient (Wildman–Crippen LogP) is 5.74. The van der Waals surface area contributed by atoms with Crippen LogP contribution in [-0.4, -0.2) is 60.2 Å². The largest absolute Gasteiger partial charge is 0.469 e. The maximum Gasteiger partial charge on any atom is 0.315 e. The second-order valence-corrected chi connectivity index (χ2v) is 15.6. The number of carbonyl (C=O) groups excluding carboxylic acids is 1. The van der Waals surface area contributed by atoms with Crippen molar-refractivity contribution in [1.29, 1.82) is 0 Å². The number of ether oxygens (including phenoxy) is 3. The number of cyclic esters (lactones) is 1. The number of rotatable bonds is 11. The molecule has 224 valence electrons. The fraction of sp³-hybridized carbons (Fsp3) is 0.515. The second-order valence-electron chi connectivity index (χ2n) is 12.4. The van der Waals surface area contributed by atoms with Crippen LogP contribution in [-0.2, 0) is 31.7 Å². The molecule has 0 radical (unpaired) electrons. The SMILES string of the molecule is CC(C)c1ccc(CC(C)c2ccc(CC(C)c3cccc(P(C)(C)=O)n3)c(C3CCOC3=O)n2)c(OC2COC2)n1. The normalized spacial score (nSPS) is 18.9. The Labute approximate surface area is 249 Å². The smallest absolute Gasteiger partial charge is 0.315 e. The monoisotopic (exact) mass is 591 g/mol. The molecule has 3 unspecified atom stereocenters. The summed E-state index contributed by atoms with van der Waals surface area (Å²) < 4.78 is 29.5. The molecular formula is C33H42N3O5P. The zero-order valence-corrected chi connectivity index (χ0v) is 26.4. The molecule has 0 N–H and O–H groups in total. The molecule has 42 heavy (non-hydrogen) atoms. The first-order valence-electron chi connectivity index (χ1n) is 14.9. The fourth-order valence-electron chi connectivity index (χ4n) is 5.40. The van der Waals surface area contributed by atoms with Crippen LogP contribution in [0.4, 0.5) is 0 Å². The summed E-state index contributed by atoms with van der Waals surface area (Å²) >= 11 is 0. The van der Waals surface area contributed by atoms with E-state index < -0.39 is 7.14 Å². The Morgan fingerprint density at radius 2 is 1.55 bits per heavy atom. The van der Waals surface area contributed by atoms with E-state index in [1.54, 1.807) is 13.3 Å². The van der Waals surface area contributed by atoms with E-state index in [1.807, 2.05) is 18.2 Å². The lowest BCUT2D eigenvalue weighted by atomic mass is 9.89. The molecule has 3 aromatic rings. The second kappa shape index (κ2) is 12.6. The van der Waals surface area contributed by atoms with Gasteiger partial charge in [0.05, 0.1) is 30.9 Å². The Balaban J connectivity index is 1.41. The first kappa shape index (κ1) is 30.4. The molecule has 0 amide bonds. The molecule has 2 aliphatic heterocycles. The molecule has 0 bridgehead atoms. The third kappa shape index (κ3) is 6.92. The van der Waals surface area contributed by atoms with Crippen molar-refractivity contribution in [3.05, 3.63) is 76.4 Å². The van der Waals surface area contributed by atoms with Crippen LogP contribution < -0.4 is 10.2 Å². The van der Waals surface area contributed by atoms with Gasteiger partial charge < -0.3 is 18.8 Å². The van der Waals surface area contributed by atoms with E-state index >= 15 is 0 Å². The lowest BCUT2D eigenvalue weighted by Crippen LogP contribution is -2.39. The molecule has 5 heterocycles. The van der Waals surface area contributed by atoms with Crippen molar-refractivity contribution in [2.75, 3.05) is 33.2 Å². The van der Waals surface area contributed by atoms with Gasteiger partial charge in [-0.25, -0.2) is 9.97 Å². The van der Waals surface area contributed by atoms with Gasteiger partial charge in [0.25, 0.3) is 0 Å². The maximum atomic E-state index is 12.7. The molecule has 2 fully saturated rings. The van der Waals surface area contributed by atoms with E-state index in [-0.39, 0.29) is 29.8 Å². The van der Waals surface area contributed by atoms with E-state index in [0.717, 1.165) is 33.9 Å². The number of nitrogens with zero attached hydrogens (tertiary/aromatic N) is 3. The topological polar surface area (TPSA) is 101 Å². The van der Waals surface area contributed by atoms with Crippen molar-refractivity contribution >= 4 is 18.5 Å². The Kier molecular flexibility index (Phi) is 9.14. The van der Waals surface area contributed by atoms with Crippen LogP contribution in [0.1, 0.15) is 91.7 Å². The number of pyridine rings is 3. The molecule has 0 aliphatic carbocycles. The van der Waals surface area contributed by atoms with Gasteiger partial charge >= 0.3 is 5.97 Å². The number of aromatic nitrogens is 3. The van der Waals surface area contributed by atoms with Gasteiger partial charge in [0.15, 0.2) is 0 Å². The zero-order chi connectivity index (χ0) is 30.0. The Morgan fingerprint density at radius 3 is 2.17 bits per heavy atom. The molecule has 9 heteroatoms. The van der Waals surface area contributed by atoms with Gasteiger partial charge in [0, 0.05) is 40.9 Å². The quantitative estimate of drug-likeness (QED) is 0.206. The van der Waals surface area contributed by atoms with Gasteiger partial charge in [0.1, 0.15) is 19.2 Å². The van der Waals surface area contributed by atoms with Crippen molar-refractivity contribution in [2.24, 2.45) is 0 Å². The number of carbonyl (C=O) groups is 1. The van der Waals surface area contributed by atoms with Crippen molar-refractivity contribution in [3.8, 4) is 5.88 Å². The summed E-state index contributed by atoms with van der Waals surface area (Å²) in [5.41, 5.74) is 6.29. The van der Waals surface area contributed by atoms with E-state index in [1.165, 1.54) is 0 Å². The summed E-state index contributed by atoms with van der Waals surface area (Å²) in [6.45, 7) is 13.6. The highest BCUT2D eigenvalue weighted by atomic mass is 31.2. The molecule has 3 aromatic heterocycles. The maximum absolute atomic E-state index is 12.7. The third-order valence-corrected chi connectivity index (χ3v) is 9.46. The first-order valence-corrected chi connectivity index (χ1v) is 17.5. The molecule has 5 rings (SSSR count). The molecule has 0 spiro atoms. The van der Waals surface area contributed by atoms with Crippen LogP contribution in [0.2, 0.25) is 0 Å². The lowest BCUT2D eigenvalue weighted by Gasteiger charge is -2.28. The Hall–Kier alpha value is -3.09. The van der Waals surface area contributed by atoms with Gasteiger partial charge in [-0.3, -0.25) is 9.78 Å². The van der Waals surface area contributed by atoms with Gasteiger partial charge in [0.2, 0.25) is 5.88 Å². The van der Waals surface area contributed by atoms with Crippen LogP contribution >= 0.6 is 7.14 Å². The Morgan fingerprint density at radius 1 is 0.881 bits per heavy atom. The van der Waals surface area contributed by atoms with E-state index in [9.17, 15) is 9.36 Å². The summed E-state index contributed by atoms with van der Waals surface area (Å²) in [5, 5.41) is 0. The van der Waals surface area contributed by atoms with Crippen LogP contribution in [0.5, 0.6) is 5.88 Å². The summed E-state index contributed by atoms with van der Waals surface area (Å²) in [7, 11) is -2.47. The summed E-state index contributed by atoms with van der Waals surface area (Å²) in [5.74, 6) is 0.498. The number of hydrogen-bond acceptors (Lipinski definition) is 8. The average molecular weight is 592 g/mol. The van der Waals surface area contributed by atoms with Crippen LogP contribution in [0, 0.1) is 0 Å². The summed E-state index contributed by atoms with van der Waals surface area (Å²) in [6, 6.07) is 14.1. The highest BCUT2D eigenvalue weighted by Crippen LogP contribution is 2.36. The molecule has 8 nitrogen and oxygen atoms in total. The minimum Gasteiger partial charge on any atom is -0.469 e. The molecular weight excluding hydrogens is 549 g/mol. The molecule has 0 aromatic carbocycles. The molecule has 2 saturated heterocycles. The van der Waals surface area contributed by atoms with Gasteiger partial charge in [-0.1, -0.05) is 45.9 Å². The molecule has 3 atom stereocenters. The van der Waals surface area contributed by atoms with Crippen LogP contribution in [0.3, 0.4) is 0 Å². The van der Waals surface area contributed by atoms with Crippen LogP contribution in [0.15, 0.2) is 42.5 Å². The average Bonchev–Trinajstić information content (AvgIpc) is 3.36. The third-order valence-electron chi connectivity index (χ3n) is 8.11. The van der Waals surface area contributed by atoms with Gasteiger partial charge in [-0.2, -0.15) is 0 Å². The van der Waals surface area contributed by atoms with Gasteiger partial charge in [-0.15, -0.1) is 0 Å². The van der Waals surface area contributed by atoms with Crippen LogP contribution in [0.25, 0.3) is 0 Å². The molecule has 0 saturated carbocycles. The van der Waals surface area contributed by atoms with Crippen molar-refractivity contribution in [2.45, 2.75) is 76.7 Å². The minimum atomic E-state index is -2.47. The number of hydrogen-bond donors (Lipinski definition) is 0. The predicted molar refractivity (Wildman–Crippen MR) is 164 cm³/mol. The fourth-order valence-corrected chi connectivity index (χ4v) is 6.20. The van der Waals surface area contributed by atoms with E-state index in [4.69, 9.17) is 29.2 Å². The van der Waals surface area contributed by atoms with E-state index in [2.05, 4.69) is 52.0 Å². The summed E-state index contributed by atoms with van der Waals surface area (Å²) in [6.07, 6.45) is 2.02.